The number of hydrogen-bond acceptors (Lipinski definition) is 4. The van der Waals surface area contributed by atoms with Crippen molar-refractivity contribution in [3.63, 3.8) is 0 Å². The van der Waals surface area contributed by atoms with Gasteiger partial charge in [-0.3, -0.25) is 0 Å². The maximum atomic E-state index is 11.8. The molecule has 0 aliphatic rings. The number of fused-ring (bicyclic) bond motifs is 2. The zero-order valence-electron chi connectivity index (χ0n) is 12.2. The van der Waals surface area contributed by atoms with Gasteiger partial charge >= 0.3 is 140 Å². The average molecular weight is 428 g/mol. The first-order valence-corrected chi connectivity index (χ1v) is 10.4. The van der Waals surface area contributed by atoms with Crippen molar-refractivity contribution in [2.45, 2.75) is 13.8 Å². The molecule has 3 aromatic rings. The molecule has 3 rings (SSSR count). The van der Waals surface area contributed by atoms with Gasteiger partial charge in [0, 0.05) is 0 Å². The van der Waals surface area contributed by atoms with Crippen molar-refractivity contribution >= 4 is 60.2 Å². The molecule has 0 saturated heterocycles. The molecule has 0 N–H and O–H groups in total. The van der Waals surface area contributed by atoms with Gasteiger partial charge in [-0.1, -0.05) is 0 Å². The summed E-state index contributed by atoms with van der Waals surface area (Å²) in [6.45, 7) is 4.42. The van der Waals surface area contributed by atoms with Crippen LogP contribution >= 0.6 is 0 Å². The van der Waals surface area contributed by atoms with Crippen LogP contribution in [0.1, 0.15) is 32.3 Å². The Morgan fingerprint density at radius 1 is 0.818 bits per heavy atom. The molecular formula is C16H14O4Se2. The van der Waals surface area contributed by atoms with Crippen molar-refractivity contribution in [2.24, 2.45) is 0 Å². The molecule has 0 radical (unpaired) electrons. The van der Waals surface area contributed by atoms with E-state index in [1.165, 1.54) is 8.52 Å². The maximum absolute atomic E-state index is 11.8. The third kappa shape index (κ3) is 2.92. The summed E-state index contributed by atoms with van der Waals surface area (Å²) in [6, 6.07) is 8.02. The fourth-order valence-corrected chi connectivity index (χ4v) is 6.66. The van der Waals surface area contributed by atoms with Gasteiger partial charge in [0.25, 0.3) is 0 Å². The fourth-order valence-electron chi connectivity index (χ4n) is 2.18. The zero-order valence-corrected chi connectivity index (χ0v) is 15.6. The Labute approximate surface area is 139 Å². The molecule has 0 spiro atoms. The second-order valence-electron chi connectivity index (χ2n) is 4.59. The third-order valence-corrected chi connectivity index (χ3v) is 7.63. The van der Waals surface area contributed by atoms with E-state index >= 15 is 0 Å². The minimum absolute atomic E-state index is 0.0145. The SMILES string of the molecule is CCOC(=O)c1cc2cc3cc(C(=O)OCC)[se]c3cc2[se]1. The summed E-state index contributed by atoms with van der Waals surface area (Å²) < 4.78 is 14.0. The van der Waals surface area contributed by atoms with Crippen molar-refractivity contribution < 1.29 is 19.1 Å². The van der Waals surface area contributed by atoms with Crippen molar-refractivity contribution in [1.29, 1.82) is 0 Å². The van der Waals surface area contributed by atoms with E-state index in [1.54, 1.807) is 0 Å². The van der Waals surface area contributed by atoms with Gasteiger partial charge in [-0.25, -0.2) is 0 Å². The van der Waals surface area contributed by atoms with Crippen LogP contribution in [0.2, 0.25) is 0 Å². The van der Waals surface area contributed by atoms with Gasteiger partial charge in [0.05, 0.1) is 0 Å². The summed E-state index contributed by atoms with van der Waals surface area (Å²) in [4.78, 5) is 23.7. The van der Waals surface area contributed by atoms with Crippen molar-refractivity contribution in [3.8, 4) is 0 Å². The summed E-state index contributed by atoms with van der Waals surface area (Å²) in [5, 5.41) is 2.14. The Bertz CT molecular complexity index is 741. The van der Waals surface area contributed by atoms with Crippen LogP contribution in [0.25, 0.3) is 19.3 Å². The number of esters is 2. The third-order valence-electron chi connectivity index (χ3n) is 3.11. The molecular weight excluding hydrogens is 414 g/mol. The predicted molar refractivity (Wildman–Crippen MR) is 87.2 cm³/mol. The number of rotatable bonds is 4. The normalized spacial score (nSPS) is 11.0. The Morgan fingerprint density at radius 2 is 1.27 bits per heavy atom. The molecule has 0 fully saturated rings. The van der Waals surface area contributed by atoms with E-state index in [2.05, 4.69) is 12.1 Å². The van der Waals surface area contributed by atoms with Gasteiger partial charge in [-0.15, -0.1) is 0 Å². The van der Waals surface area contributed by atoms with Gasteiger partial charge in [0.15, 0.2) is 0 Å². The monoisotopic (exact) mass is 430 g/mol. The predicted octanol–water partition coefficient (Wildman–Crippen LogP) is 2.46. The first-order chi connectivity index (χ1) is 10.6. The molecule has 0 bridgehead atoms. The van der Waals surface area contributed by atoms with Crippen LogP contribution in [0.3, 0.4) is 0 Å². The van der Waals surface area contributed by atoms with Crippen molar-refractivity contribution in [3.05, 3.63) is 33.1 Å². The molecule has 2 heterocycles. The average Bonchev–Trinajstić information content (AvgIpc) is 3.07. The number of hydrogen-bond donors (Lipinski definition) is 0. The Balaban J connectivity index is 2.02. The van der Waals surface area contributed by atoms with Crippen LogP contribution in [-0.2, 0) is 9.47 Å². The van der Waals surface area contributed by atoms with E-state index in [0.717, 1.165) is 19.6 Å². The summed E-state index contributed by atoms with van der Waals surface area (Å²) in [7, 11) is 0. The molecule has 0 unspecified atom stereocenters. The molecule has 0 amide bonds. The number of carbonyl (C=O) groups is 2. The first kappa shape index (κ1) is 15.6. The van der Waals surface area contributed by atoms with Crippen LogP contribution in [0, 0.1) is 0 Å². The van der Waals surface area contributed by atoms with Crippen molar-refractivity contribution in [2.75, 3.05) is 13.2 Å². The summed E-state index contributed by atoms with van der Waals surface area (Å²) >= 11 is -0.0290. The molecule has 2 aromatic heterocycles. The van der Waals surface area contributed by atoms with Crippen molar-refractivity contribution in [1.82, 2.24) is 0 Å². The molecule has 6 heteroatoms. The molecule has 0 saturated carbocycles. The van der Waals surface area contributed by atoms with Gasteiger partial charge in [-0.2, -0.15) is 0 Å². The van der Waals surface area contributed by atoms with Crippen LogP contribution in [0.4, 0.5) is 0 Å². The standard InChI is InChI=1S/C16H14O4Se2/c1-3-19-15(17)13-6-9-5-10-7-14(16(18)20-4-2)22-12(10)8-11(9)21-13/h5-8H,3-4H2,1-2H3. The summed E-state index contributed by atoms with van der Waals surface area (Å²) in [5.41, 5.74) is 0. The Kier molecular flexibility index (Phi) is 4.55. The number of carbonyl (C=O) groups excluding carboxylic acids is 2. The molecule has 0 aliphatic carbocycles. The first-order valence-electron chi connectivity index (χ1n) is 6.93. The topological polar surface area (TPSA) is 52.6 Å². The van der Waals surface area contributed by atoms with E-state index in [9.17, 15) is 9.59 Å². The second-order valence-corrected chi connectivity index (χ2v) is 9.14. The van der Waals surface area contributed by atoms with E-state index in [4.69, 9.17) is 9.47 Å². The molecule has 114 valence electrons. The molecule has 4 nitrogen and oxygen atoms in total. The minimum atomic E-state index is -0.216. The summed E-state index contributed by atoms with van der Waals surface area (Å²) in [6.07, 6.45) is 0. The Morgan fingerprint density at radius 3 is 1.68 bits per heavy atom. The van der Waals surface area contributed by atoms with Crippen LogP contribution in [0.15, 0.2) is 24.3 Å². The van der Waals surface area contributed by atoms with E-state index in [-0.39, 0.29) is 40.9 Å². The molecule has 1 aromatic carbocycles. The van der Waals surface area contributed by atoms with Crippen LogP contribution in [0.5, 0.6) is 0 Å². The van der Waals surface area contributed by atoms with Gasteiger partial charge in [-0.05, 0) is 0 Å². The van der Waals surface area contributed by atoms with Crippen LogP contribution < -0.4 is 0 Å². The number of benzene rings is 1. The van der Waals surface area contributed by atoms with Crippen LogP contribution in [-0.4, -0.2) is 54.2 Å². The fraction of sp³-hybridized carbons (Fsp3) is 0.250. The summed E-state index contributed by atoms with van der Waals surface area (Å²) in [5.74, 6) is -0.431. The number of ether oxygens (including phenoxy) is 2. The second kappa shape index (κ2) is 6.43. The van der Waals surface area contributed by atoms with E-state index < -0.39 is 0 Å². The quantitative estimate of drug-likeness (QED) is 0.474. The van der Waals surface area contributed by atoms with Gasteiger partial charge < -0.3 is 0 Å². The Hall–Kier alpha value is -1.32. The zero-order chi connectivity index (χ0) is 15.7. The molecule has 0 atom stereocenters. The molecule has 0 aliphatic heterocycles. The van der Waals surface area contributed by atoms with E-state index in [0.29, 0.717) is 13.2 Å². The molecule has 22 heavy (non-hydrogen) atoms. The van der Waals surface area contributed by atoms with E-state index in [1.807, 2.05) is 26.0 Å². The van der Waals surface area contributed by atoms with Gasteiger partial charge in [0.2, 0.25) is 0 Å². The van der Waals surface area contributed by atoms with Gasteiger partial charge in [0.1, 0.15) is 0 Å².